The summed E-state index contributed by atoms with van der Waals surface area (Å²) in [5, 5.41) is 5.55. The van der Waals surface area contributed by atoms with Gasteiger partial charge in [-0.2, -0.15) is 0 Å². The molecule has 1 aliphatic rings. The van der Waals surface area contributed by atoms with E-state index in [9.17, 15) is 0 Å². The van der Waals surface area contributed by atoms with E-state index in [0.29, 0.717) is 0 Å². The molecule has 0 amide bonds. The van der Waals surface area contributed by atoms with Crippen molar-refractivity contribution < 1.29 is 0 Å². The lowest BCUT2D eigenvalue weighted by atomic mass is 9.95. The molecule has 1 aromatic heterocycles. The van der Waals surface area contributed by atoms with Crippen molar-refractivity contribution in [3.05, 3.63) is 21.9 Å². The van der Waals surface area contributed by atoms with Gasteiger partial charge in [-0.05, 0) is 43.3 Å². The van der Waals surface area contributed by atoms with Crippen molar-refractivity contribution >= 4 is 23.7 Å². The van der Waals surface area contributed by atoms with E-state index >= 15 is 0 Å². The molecule has 12 heavy (non-hydrogen) atoms. The van der Waals surface area contributed by atoms with E-state index in [1.807, 2.05) is 11.3 Å². The molecule has 0 unspecified atom stereocenters. The molecule has 0 saturated heterocycles. The van der Waals surface area contributed by atoms with Crippen LogP contribution in [0.2, 0.25) is 0 Å². The van der Waals surface area contributed by atoms with Crippen LogP contribution in [0.1, 0.15) is 16.9 Å². The lowest BCUT2D eigenvalue weighted by Gasteiger charge is -2.21. The molecule has 68 valence electrons. The molecular weight excluding hydrogens is 190 g/mol. The molecule has 1 aromatic rings. The molecule has 3 heteroatoms. The van der Waals surface area contributed by atoms with Crippen molar-refractivity contribution in [3.63, 3.8) is 0 Å². The minimum absolute atomic E-state index is 0. The molecule has 1 N–H and O–H groups in total. The van der Waals surface area contributed by atoms with Gasteiger partial charge in [0.05, 0.1) is 0 Å². The Balaban J connectivity index is 0.000000720. The van der Waals surface area contributed by atoms with Crippen molar-refractivity contribution in [2.24, 2.45) is 0 Å². The number of hydrogen-bond acceptors (Lipinski definition) is 2. The van der Waals surface area contributed by atoms with Crippen molar-refractivity contribution in [2.45, 2.75) is 25.3 Å². The zero-order valence-electron chi connectivity index (χ0n) is 7.17. The average Bonchev–Trinajstić information content (AvgIpc) is 2.50. The maximum Gasteiger partial charge on any atom is 0.0108 e. The normalized spacial score (nSPS) is 21.2. The molecule has 1 atom stereocenters. The monoisotopic (exact) mass is 203 g/mol. The van der Waals surface area contributed by atoms with Crippen LogP contribution < -0.4 is 5.32 Å². The van der Waals surface area contributed by atoms with Crippen LogP contribution in [0.25, 0.3) is 0 Å². The first-order valence-corrected chi connectivity index (χ1v) is 5.00. The zero-order chi connectivity index (χ0) is 7.68. The summed E-state index contributed by atoms with van der Waals surface area (Å²) in [4.78, 5) is 1.61. The molecule has 2 rings (SSSR count). The predicted octanol–water partition coefficient (Wildman–Crippen LogP) is 2.25. The van der Waals surface area contributed by atoms with E-state index in [1.54, 1.807) is 10.4 Å². The van der Waals surface area contributed by atoms with E-state index in [-0.39, 0.29) is 12.4 Å². The van der Waals surface area contributed by atoms with Crippen LogP contribution >= 0.6 is 23.7 Å². The highest BCUT2D eigenvalue weighted by Crippen LogP contribution is 2.25. The Morgan fingerprint density at radius 1 is 1.58 bits per heavy atom. The van der Waals surface area contributed by atoms with Gasteiger partial charge in [-0.15, -0.1) is 23.7 Å². The second-order valence-electron chi connectivity index (χ2n) is 3.10. The third-order valence-corrected chi connectivity index (χ3v) is 3.46. The quantitative estimate of drug-likeness (QED) is 0.739. The zero-order valence-corrected chi connectivity index (χ0v) is 8.80. The Morgan fingerprint density at radius 3 is 3.17 bits per heavy atom. The van der Waals surface area contributed by atoms with Gasteiger partial charge in [-0.3, -0.25) is 0 Å². The fraction of sp³-hybridized carbons (Fsp3) is 0.556. The summed E-state index contributed by atoms with van der Waals surface area (Å²) in [6.45, 7) is 0. The second-order valence-corrected chi connectivity index (χ2v) is 4.10. The molecule has 1 nitrogen and oxygen atoms in total. The number of likely N-dealkylation sites (N-methyl/N-ethyl adjacent to an activating group) is 1. The summed E-state index contributed by atoms with van der Waals surface area (Å²) in [5.41, 5.74) is 1.57. The van der Waals surface area contributed by atoms with Crippen LogP contribution in [0.3, 0.4) is 0 Å². The molecule has 1 aliphatic carbocycles. The van der Waals surface area contributed by atoms with Gasteiger partial charge in [-0.1, -0.05) is 0 Å². The van der Waals surface area contributed by atoms with Crippen LogP contribution in [0.15, 0.2) is 11.4 Å². The van der Waals surface area contributed by atoms with E-state index in [2.05, 4.69) is 23.8 Å². The van der Waals surface area contributed by atoms with Crippen LogP contribution in [-0.2, 0) is 12.8 Å². The molecular formula is C9H14ClNS. The molecule has 0 radical (unpaired) electrons. The first-order chi connectivity index (χ1) is 5.40. The van der Waals surface area contributed by atoms with E-state index in [0.717, 1.165) is 6.04 Å². The average molecular weight is 204 g/mol. The lowest BCUT2D eigenvalue weighted by Crippen LogP contribution is -2.30. The SMILES string of the molecule is CN[C@@H]1CCc2sccc2C1.Cl. The highest BCUT2D eigenvalue weighted by Gasteiger charge is 2.17. The summed E-state index contributed by atoms with van der Waals surface area (Å²) in [7, 11) is 2.06. The summed E-state index contributed by atoms with van der Waals surface area (Å²) in [6, 6.07) is 2.99. The molecule has 0 aromatic carbocycles. The maximum atomic E-state index is 3.34. The third kappa shape index (κ3) is 1.82. The Kier molecular flexibility index (Phi) is 3.56. The van der Waals surface area contributed by atoms with Gasteiger partial charge >= 0.3 is 0 Å². The van der Waals surface area contributed by atoms with Crippen molar-refractivity contribution in [3.8, 4) is 0 Å². The number of nitrogens with one attached hydrogen (secondary N) is 1. The number of halogens is 1. The maximum absolute atomic E-state index is 3.34. The molecule has 0 saturated carbocycles. The Labute approximate surface area is 83.6 Å². The topological polar surface area (TPSA) is 12.0 Å². The predicted molar refractivity (Wildman–Crippen MR) is 56.4 cm³/mol. The first-order valence-electron chi connectivity index (χ1n) is 4.12. The highest BCUT2D eigenvalue weighted by molar-refractivity contribution is 7.10. The van der Waals surface area contributed by atoms with Gasteiger partial charge in [0.2, 0.25) is 0 Å². The van der Waals surface area contributed by atoms with Gasteiger partial charge in [0.1, 0.15) is 0 Å². The summed E-state index contributed by atoms with van der Waals surface area (Å²) >= 11 is 1.91. The Hall–Kier alpha value is -0.0500. The second kappa shape index (κ2) is 4.26. The smallest absolute Gasteiger partial charge is 0.0108 e. The number of aryl methyl sites for hydroxylation is 1. The van der Waals surface area contributed by atoms with Gasteiger partial charge in [-0.25, -0.2) is 0 Å². The van der Waals surface area contributed by atoms with Gasteiger partial charge in [0, 0.05) is 10.9 Å². The molecule has 0 spiro atoms. The standard InChI is InChI=1S/C9H13NS.ClH/c1-10-8-2-3-9-7(6-8)4-5-11-9;/h4-5,8,10H,2-3,6H2,1H3;1H/t8-;/m1./s1. The summed E-state index contributed by atoms with van der Waals surface area (Å²) in [5.74, 6) is 0. The summed E-state index contributed by atoms with van der Waals surface area (Å²) < 4.78 is 0. The van der Waals surface area contributed by atoms with Gasteiger partial charge < -0.3 is 5.32 Å². The number of thiophene rings is 1. The van der Waals surface area contributed by atoms with Crippen LogP contribution in [0.5, 0.6) is 0 Å². The van der Waals surface area contributed by atoms with Crippen molar-refractivity contribution in [2.75, 3.05) is 7.05 Å². The minimum atomic E-state index is 0. The largest absolute Gasteiger partial charge is 0.317 e. The summed E-state index contributed by atoms with van der Waals surface area (Å²) in [6.07, 6.45) is 3.82. The molecule has 0 aliphatic heterocycles. The van der Waals surface area contributed by atoms with E-state index < -0.39 is 0 Å². The van der Waals surface area contributed by atoms with Crippen LogP contribution in [-0.4, -0.2) is 13.1 Å². The van der Waals surface area contributed by atoms with Crippen LogP contribution in [0.4, 0.5) is 0 Å². The minimum Gasteiger partial charge on any atom is -0.317 e. The molecule has 0 bridgehead atoms. The number of fused-ring (bicyclic) bond motifs is 1. The fourth-order valence-electron chi connectivity index (χ4n) is 1.69. The van der Waals surface area contributed by atoms with Crippen LogP contribution in [0, 0.1) is 0 Å². The number of hydrogen-bond donors (Lipinski definition) is 1. The third-order valence-electron chi connectivity index (χ3n) is 2.43. The van der Waals surface area contributed by atoms with Crippen molar-refractivity contribution in [1.29, 1.82) is 0 Å². The van der Waals surface area contributed by atoms with E-state index in [4.69, 9.17) is 0 Å². The van der Waals surface area contributed by atoms with Gasteiger partial charge in [0.25, 0.3) is 0 Å². The lowest BCUT2D eigenvalue weighted by molar-refractivity contribution is 0.500. The Morgan fingerprint density at radius 2 is 2.42 bits per heavy atom. The highest BCUT2D eigenvalue weighted by atomic mass is 35.5. The number of rotatable bonds is 1. The van der Waals surface area contributed by atoms with Crippen molar-refractivity contribution in [1.82, 2.24) is 5.32 Å². The fourth-order valence-corrected chi connectivity index (χ4v) is 2.62. The Bertz CT molecular complexity index is 246. The molecule has 1 heterocycles. The first kappa shape index (κ1) is 10.0. The van der Waals surface area contributed by atoms with Gasteiger partial charge in [0.15, 0.2) is 0 Å². The van der Waals surface area contributed by atoms with E-state index in [1.165, 1.54) is 19.3 Å². The molecule has 0 fully saturated rings.